The summed E-state index contributed by atoms with van der Waals surface area (Å²) >= 11 is 2.97. The van der Waals surface area contributed by atoms with Gasteiger partial charge in [0, 0.05) is 11.6 Å². The van der Waals surface area contributed by atoms with Gasteiger partial charge in [0.1, 0.15) is 5.82 Å². The Morgan fingerprint density at radius 3 is 2.58 bits per heavy atom. The van der Waals surface area contributed by atoms with Crippen molar-refractivity contribution in [1.29, 1.82) is 0 Å². The van der Waals surface area contributed by atoms with E-state index in [9.17, 15) is 0 Å². The van der Waals surface area contributed by atoms with E-state index >= 15 is 0 Å². The van der Waals surface area contributed by atoms with Gasteiger partial charge >= 0.3 is 0 Å². The highest BCUT2D eigenvalue weighted by Gasteiger charge is 2.21. The van der Waals surface area contributed by atoms with Crippen LogP contribution >= 0.6 is 23.3 Å². The summed E-state index contributed by atoms with van der Waals surface area (Å²) in [4.78, 5) is 7.08. The summed E-state index contributed by atoms with van der Waals surface area (Å²) < 4.78 is 7.51. The Bertz CT molecular complexity index is 852. The Balaban J connectivity index is 1.65. The standard InChI is InChI=1S/C18H22N6S2/c1-13(2)16-19-18(26-22-16)25-17-21-20-15(12-23-10-6-7-11-23)24(17)14-8-4-3-5-9-14/h3-5,8-9,13H,6-7,10-12H2,1-2H3. The average molecular weight is 387 g/mol. The van der Waals surface area contributed by atoms with Crippen molar-refractivity contribution in [3.63, 3.8) is 0 Å². The van der Waals surface area contributed by atoms with Gasteiger partial charge < -0.3 is 0 Å². The normalized spacial score (nSPS) is 15.2. The molecule has 1 aliphatic rings. The molecule has 0 saturated carbocycles. The van der Waals surface area contributed by atoms with Gasteiger partial charge in [0.05, 0.1) is 6.54 Å². The molecule has 3 aromatic rings. The van der Waals surface area contributed by atoms with Crippen LogP contribution in [-0.2, 0) is 6.54 Å². The quantitative estimate of drug-likeness (QED) is 0.638. The van der Waals surface area contributed by atoms with Gasteiger partial charge in [-0.1, -0.05) is 32.0 Å². The number of hydrogen-bond acceptors (Lipinski definition) is 7. The third-order valence-corrected chi connectivity index (χ3v) is 6.11. The molecule has 0 amide bonds. The van der Waals surface area contributed by atoms with Crippen LogP contribution in [0, 0.1) is 0 Å². The molecule has 8 heteroatoms. The molecular formula is C18H22N6S2. The highest BCUT2D eigenvalue weighted by atomic mass is 32.2. The predicted molar refractivity (Wildman–Crippen MR) is 104 cm³/mol. The summed E-state index contributed by atoms with van der Waals surface area (Å²) in [6, 6.07) is 10.3. The minimum atomic E-state index is 0.332. The largest absolute Gasteiger partial charge is 0.296 e. The van der Waals surface area contributed by atoms with E-state index in [1.54, 1.807) is 11.8 Å². The molecule has 0 radical (unpaired) electrons. The fourth-order valence-electron chi connectivity index (χ4n) is 3.02. The van der Waals surface area contributed by atoms with E-state index in [4.69, 9.17) is 0 Å². The fraction of sp³-hybridized carbons (Fsp3) is 0.444. The van der Waals surface area contributed by atoms with Crippen molar-refractivity contribution < 1.29 is 0 Å². The second kappa shape index (κ2) is 7.85. The average Bonchev–Trinajstić information content (AvgIpc) is 3.38. The minimum Gasteiger partial charge on any atom is -0.296 e. The molecule has 6 nitrogen and oxygen atoms in total. The van der Waals surface area contributed by atoms with Gasteiger partial charge in [-0.15, -0.1) is 10.2 Å². The zero-order valence-electron chi connectivity index (χ0n) is 15.0. The maximum Gasteiger partial charge on any atom is 0.203 e. The molecule has 1 aliphatic heterocycles. The van der Waals surface area contributed by atoms with E-state index in [0.717, 1.165) is 46.5 Å². The number of aromatic nitrogens is 5. The van der Waals surface area contributed by atoms with Gasteiger partial charge in [0.2, 0.25) is 5.16 Å². The molecular weight excluding hydrogens is 364 g/mol. The first-order chi connectivity index (χ1) is 12.7. The van der Waals surface area contributed by atoms with Crippen LogP contribution in [0.3, 0.4) is 0 Å². The molecule has 3 heterocycles. The molecule has 2 aromatic heterocycles. The van der Waals surface area contributed by atoms with E-state index in [1.165, 1.54) is 24.4 Å². The molecule has 136 valence electrons. The Kier molecular flexibility index (Phi) is 5.33. The summed E-state index contributed by atoms with van der Waals surface area (Å²) in [5.41, 5.74) is 1.09. The van der Waals surface area contributed by atoms with Gasteiger partial charge in [0.15, 0.2) is 10.2 Å². The number of nitrogens with zero attached hydrogens (tertiary/aromatic N) is 6. The second-order valence-electron chi connectivity index (χ2n) is 6.73. The van der Waals surface area contributed by atoms with Gasteiger partial charge in [0.25, 0.3) is 0 Å². The number of benzene rings is 1. The van der Waals surface area contributed by atoms with Gasteiger partial charge in [-0.05, 0) is 61.4 Å². The third kappa shape index (κ3) is 3.82. The van der Waals surface area contributed by atoms with Crippen molar-refractivity contribution in [3.05, 3.63) is 42.0 Å². The highest BCUT2D eigenvalue weighted by Crippen LogP contribution is 2.31. The van der Waals surface area contributed by atoms with Crippen LogP contribution in [0.15, 0.2) is 39.8 Å². The number of likely N-dealkylation sites (tertiary alicyclic amines) is 1. The third-order valence-electron chi connectivity index (χ3n) is 4.40. The molecule has 1 aromatic carbocycles. The van der Waals surface area contributed by atoms with Crippen LogP contribution in [0.5, 0.6) is 0 Å². The van der Waals surface area contributed by atoms with Crippen LogP contribution < -0.4 is 0 Å². The van der Waals surface area contributed by atoms with Crippen molar-refractivity contribution in [2.45, 2.75) is 48.6 Å². The second-order valence-corrected chi connectivity index (χ2v) is 8.69. The van der Waals surface area contributed by atoms with E-state index < -0.39 is 0 Å². The van der Waals surface area contributed by atoms with Crippen LogP contribution in [0.4, 0.5) is 0 Å². The Morgan fingerprint density at radius 2 is 1.88 bits per heavy atom. The maximum atomic E-state index is 4.63. The maximum absolute atomic E-state index is 4.63. The van der Waals surface area contributed by atoms with Crippen LogP contribution in [0.25, 0.3) is 5.69 Å². The molecule has 1 saturated heterocycles. The SMILES string of the molecule is CC(C)c1nsc(Sc2nnc(CN3CCCC3)n2-c2ccccc2)n1. The monoisotopic (exact) mass is 386 g/mol. The van der Waals surface area contributed by atoms with Crippen LogP contribution in [0.2, 0.25) is 0 Å². The van der Waals surface area contributed by atoms with Gasteiger partial charge in [-0.3, -0.25) is 9.47 Å². The topological polar surface area (TPSA) is 59.7 Å². The highest BCUT2D eigenvalue weighted by molar-refractivity contribution is 8.00. The molecule has 4 rings (SSSR count). The lowest BCUT2D eigenvalue weighted by Crippen LogP contribution is -2.21. The molecule has 0 N–H and O–H groups in total. The van der Waals surface area contributed by atoms with Gasteiger partial charge in [-0.2, -0.15) is 4.37 Å². The summed E-state index contributed by atoms with van der Waals surface area (Å²) in [5, 5.41) is 9.82. The first-order valence-corrected chi connectivity index (χ1v) is 10.5. The molecule has 0 bridgehead atoms. The van der Waals surface area contributed by atoms with Crippen molar-refractivity contribution in [3.8, 4) is 5.69 Å². The lowest BCUT2D eigenvalue weighted by atomic mass is 10.2. The smallest absolute Gasteiger partial charge is 0.203 e. The first-order valence-electron chi connectivity index (χ1n) is 8.94. The molecule has 1 fully saturated rings. The zero-order chi connectivity index (χ0) is 17.9. The van der Waals surface area contributed by atoms with Crippen molar-refractivity contribution in [2.24, 2.45) is 0 Å². The lowest BCUT2D eigenvalue weighted by Gasteiger charge is -2.15. The summed E-state index contributed by atoms with van der Waals surface area (Å²) in [5.74, 6) is 2.20. The van der Waals surface area contributed by atoms with Crippen molar-refractivity contribution >= 4 is 23.3 Å². The zero-order valence-corrected chi connectivity index (χ0v) is 16.6. The van der Waals surface area contributed by atoms with Gasteiger partial charge in [-0.25, -0.2) is 4.98 Å². The number of rotatable bonds is 6. The first kappa shape index (κ1) is 17.6. The van der Waals surface area contributed by atoms with Crippen LogP contribution in [0.1, 0.15) is 44.3 Å². The van der Waals surface area contributed by atoms with E-state index in [0.29, 0.717) is 5.92 Å². The van der Waals surface area contributed by atoms with E-state index in [-0.39, 0.29) is 0 Å². The number of para-hydroxylation sites is 1. The molecule has 26 heavy (non-hydrogen) atoms. The summed E-state index contributed by atoms with van der Waals surface area (Å²) in [6.45, 7) is 7.32. The van der Waals surface area contributed by atoms with Crippen molar-refractivity contribution in [1.82, 2.24) is 29.0 Å². The molecule has 0 atom stereocenters. The Morgan fingerprint density at radius 1 is 1.12 bits per heavy atom. The van der Waals surface area contributed by atoms with Crippen molar-refractivity contribution in [2.75, 3.05) is 13.1 Å². The molecule has 0 aliphatic carbocycles. The molecule has 0 unspecified atom stereocenters. The van der Waals surface area contributed by atoms with Crippen LogP contribution in [-0.4, -0.2) is 42.1 Å². The lowest BCUT2D eigenvalue weighted by molar-refractivity contribution is 0.319. The Labute approximate surface area is 161 Å². The summed E-state index contributed by atoms with van der Waals surface area (Å²) in [6.07, 6.45) is 2.54. The molecule has 0 spiro atoms. The predicted octanol–water partition coefficient (Wildman–Crippen LogP) is 3.99. The summed E-state index contributed by atoms with van der Waals surface area (Å²) in [7, 11) is 0. The fourth-order valence-corrected chi connectivity index (χ4v) is 4.74. The number of hydrogen-bond donors (Lipinski definition) is 0. The van der Waals surface area contributed by atoms with E-state index in [1.807, 2.05) is 18.2 Å². The van der Waals surface area contributed by atoms with E-state index in [2.05, 4.69) is 55.0 Å². The Hall–Kier alpha value is -1.77. The minimum absolute atomic E-state index is 0.332.